The highest BCUT2D eigenvalue weighted by Crippen LogP contribution is 2.29. The Hall–Kier alpha value is -2.05. The van der Waals surface area contributed by atoms with Gasteiger partial charge in [-0.1, -0.05) is 32.9 Å². The standard InChI is InChI=1S/C15H18F3NO3/c1-4-14(2,3)10-5-7-11(8-6-10)19(9-12(20)21)13(22)15(16,17)18/h5-8H,4,9H2,1-3H3,(H,20,21). The van der Waals surface area contributed by atoms with Gasteiger partial charge in [0.25, 0.3) is 0 Å². The smallest absolute Gasteiger partial charge is 0.471 e. The number of nitrogens with zero attached hydrogens (tertiary/aromatic N) is 1. The lowest BCUT2D eigenvalue weighted by molar-refractivity contribution is -0.170. The minimum Gasteiger partial charge on any atom is -0.480 e. The molecule has 4 nitrogen and oxygen atoms in total. The van der Waals surface area contributed by atoms with Gasteiger partial charge in [-0.25, -0.2) is 0 Å². The number of amides is 1. The molecule has 0 aliphatic carbocycles. The van der Waals surface area contributed by atoms with Crippen LogP contribution in [0.15, 0.2) is 24.3 Å². The zero-order chi connectivity index (χ0) is 17.1. The number of carboxylic acids is 1. The van der Waals surface area contributed by atoms with Crippen LogP contribution in [0.2, 0.25) is 0 Å². The number of carbonyl (C=O) groups is 2. The molecule has 0 spiro atoms. The van der Waals surface area contributed by atoms with E-state index in [9.17, 15) is 22.8 Å². The number of anilines is 1. The van der Waals surface area contributed by atoms with Gasteiger partial charge >= 0.3 is 18.1 Å². The maximum absolute atomic E-state index is 12.6. The predicted octanol–water partition coefficient (Wildman–Crippen LogP) is 3.35. The van der Waals surface area contributed by atoms with Gasteiger partial charge in [0.05, 0.1) is 0 Å². The number of carboxylic acid groups (broad SMARTS) is 1. The molecule has 1 N–H and O–H groups in total. The Labute approximate surface area is 126 Å². The molecule has 1 aromatic carbocycles. The highest BCUT2D eigenvalue weighted by Gasteiger charge is 2.43. The molecule has 0 aliphatic rings. The van der Waals surface area contributed by atoms with E-state index in [0.717, 1.165) is 12.0 Å². The first-order valence-electron chi connectivity index (χ1n) is 6.70. The summed E-state index contributed by atoms with van der Waals surface area (Å²) in [5, 5.41) is 8.72. The van der Waals surface area contributed by atoms with E-state index in [2.05, 4.69) is 0 Å². The number of benzene rings is 1. The summed E-state index contributed by atoms with van der Waals surface area (Å²) in [4.78, 5) is 22.3. The SMILES string of the molecule is CCC(C)(C)c1ccc(N(CC(=O)O)C(=O)C(F)(F)F)cc1. The number of hydrogen-bond donors (Lipinski definition) is 1. The van der Waals surface area contributed by atoms with Gasteiger partial charge in [-0.3, -0.25) is 14.5 Å². The fourth-order valence-corrected chi connectivity index (χ4v) is 1.87. The van der Waals surface area contributed by atoms with E-state index in [1.807, 2.05) is 20.8 Å². The Kier molecular flexibility index (Phi) is 5.22. The van der Waals surface area contributed by atoms with Crippen molar-refractivity contribution in [3.05, 3.63) is 29.8 Å². The lowest BCUT2D eigenvalue weighted by Crippen LogP contribution is -2.44. The summed E-state index contributed by atoms with van der Waals surface area (Å²) in [5.41, 5.74) is 0.637. The van der Waals surface area contributed by atoms with E-state index in [4.69, 9.17) is 5.11 Å². The molecule has 0 aromatic heterocycles. The van der Waals surface area contributed by atoms with Crippen molar-refractivity contribution in [2.75, 3.05) is 11.4 Å². The second-order valence-electron chi connectivity index (χ2n) is 5.57. The number of halogens is 3. The van der Waals surface area contributed by atoms with Gasteiger partial charge in [-0.2, -0.15) is 13.2 Å². The van der Waals surface area contributed by atoms with Gasteiger partial charge in [0, 0.05) is 5.69 Å². The van der Waals surface area contributed by atoms with Gasteiger partial charge in [-0.05, 0) is 29.5 Å². The predicted molar refractivity (Wildman–Crippen MR) is 75.8 cm³/mol. The molecule has 122 valence electrons. The quantitative estimate of drug-likeness (QED) is 0.906. The van der Waals surface area contributed by atoms with Crippen LogP contribution >= 0.6 is 0 Å². The van der Waals surface area contributed by atoms with Crippen molar-refractivity contribution in [2.45, 2.75) is 38.8 Å². The molecule has 0 saturated carbocycles. The minimum absolute atomic E-state index is 0.0969. The topological polar surface area (TPSA) is 57.6 Å². The second kappa shape index (κ2) is 6.37. The summed E-state index contributed by atoms with van der Waals surface area (Å²) in [6.07, 6.45) is -4.30. The van der Waals surface area contributed by atoms with Gasteiger partial charge in [0.15, 0.2) is 0 Å². The van der Waals surface area contributed by atoms with Crippen LogP contribution in [-0.4, -0.2) is 29.7 Å². The van der Waals surface area contributed by atoms with Crippen LogP contribution in [0, 0.1) is 0 Å². The van der Waals surface area contributed by atoms with Crippen LogP contribution < -0.4 is 4.90 Å². The average molecular weight is 317 g/mol. The van der Waals surface area contributed by atoms with Crippen LogP contribution in [0.3, 0.4) is 0 Å². The van der Waals surface area contributed by atoms with E-state index in [0.29, 0.717) is 0 Å². The van der Waals surface area contributed by atoms with Crippen molar-refractivity contribution in [2.24, 2.45) is 0 Å². The highest BCUT2D eigenvalue weighted by atomic mass is 19.4. The number of aliphatic carboxylic acids is 1. The summed E-state index contributed by atoms with van der Waals surface area (Å²) < 4.78 is 37.7. The van der Waals surface area contributed by atoms with E-state index in [-0.39, 0.29) is 16.0 Å². The van der Waals surface area contributed by atoms with Crippen LogP contribution in [-0.2, 0) is 15.0 Å². The number of rotatable bonds is 5. The monoisotopic (exact) mass is 317 g/mol. The first-order valence-corrected chi connectivity index (χ1v) is 6.70. The Bertz CT molecular complexity index is 550. The van der Waals surface area contributed by atoms with Crippen molar-refractivity contribution in [1.82, 2.24) is 0 Å². The van der Waals surface area contributed by atoms with E-state index >= 15 is 0 Å². The Balaban J connectivity index is 3.16. The molecule has 0 heterocycles. The number of alkyl halides is 3. The van der Waals surface area contributed by atoms with Crippen LogP contribution in [0.25, 0.3) is 0 Å². The Morgan fingerprint density at radius 3 is 2.00 bits per heavy atom. The molecule has 0 bridgehead atoms. The number of carbonyl (C=O) groups excluding carboxylic acids is 1. The first-order chi connectivity index (χ1) is 9.99. The minimum atomic E-state index is -5.13. The van der Waals surface area contributed by atoms with Crippen molar-refractivity contribution in [3.8, 4) is 0 Å². The van der Waals surface area contributed by atoms with Crippen molar-refractivity contribution >= 4 is 17.6 Å². The zero-order valence-electron chi connectivity index (χ0n) is 12.6. The third kappa shape index (κ3) is 4.22. The van der Waals surface area contributed by atoms with Gasteiger partial charge in [-0.15, -0.1) is 0 Å². The normalized spacial score (nSPS) is 12.1. The first kappa shape index (κ1) is 18.0. The molecule has 1 rings (SSSR count). The molecule has 0 atom stereocenters. The van der Waals surface area contributed by atoms with Crippen molar-refractivity contribution in [3.63, 3.8) is 0 Å². The highest BCUT2D eigenvalue weighted by molar-refractivity contribution is 6.00. The molecule has 0 aliphatic heterocycles. The van der Waals surface area contributed by atoms with Gasteiger partial charge in [0.1, 0.15) is 6.54 Å². The summed E-state index contributed by atoms with van der Waals surface area (Å²) in [6.45, 7) is 4.91. The van der Waals surface area contributed by atoms with Gasteiger partial charge < -0.3 is 5.11 Å². The molecule has 1 amide bonds. The average Bonchev–Trinajstić information content (AvgIpc) is 2.43. The molecule has 0 unspecified atom stereocenters. The molecule has 0 radical (unpaired) electrons. The van der Waals surface area contributed by atoms with E-state index in [1.54, 1.807) is 12.1 Å². The molecular formula is C15H18F3NO3. The van der Waals surface area contributed by atoms with Crippen molar-refractivity contribution < 1.29 is 27.9 Å². The molecular weight excluding hydrogens is 299 g/mol. The molecule has 7 heteroatoms. The summed E-state index contributed by atoms with van der Waals surface area (Å²) in [7, 11) is 0. The van der Waals surface area contributed by atoms with Crippen LogP contribution in [0.5, 0.6) is 0 Å². The largest absolute Gasteiger partial charge is 0.480 e. The summed E-state index contributed by atoms with van der Waals surface area (Å²) in [5.74, 6) is -3.71. The molecule has 22 heavy (non-hydrogen) atoms. The number of hydrogen-bond acceptors (Lipinski definition) is 2. The molecule has 1 aromatic rings. The summed E-state index contributed by atoms with van der Waals surface area (Å²) in [6, 6.07) is 5.88. The van der Waals surface area contributed by atoms with Gasteiger partial charge in [0.2, 0.25) is 0 Å². The van der Waals surface area contributed by atoms with E-state index < -0.39 is 24.6 Å². The third-order valence-electron chi connectivity index (χ3n) is 3.63. The Morgan fingerprint density at radius 1 is 1.14 bits per heavy atom. The van der Waals surface area contributed by atoms with Crippen LogP contribution in [0.4, 0.5) is 18.9 Å². The maximum Gasteiger partial charge on any atom is 0.471 e. The second-order valence-corrected chi connectivity index (χ2v) is 5.57. The zero-order valence-corrected chi connectivity index (χ0v) is 12.6. The fourth-order valence-electron chi connectivity index (χ4n) is 1.87. The lowest BCUT2D eigenvalue weighted by atomic mass is 9.82. The molecule has 0 saturated heterocycles. The third-order valence-corrected chi connectivity index (χ3v) is 3.63. The Morgan fingerprint density at radius 2 is 1.64 bits per heavy atom. The maximum atomic E-state index is 12.6. The molecule has 0 fully saturated rings. The fraction of sp³-hybridized carbons (Fsp3) is 0.467. The summed E-state index contributed by atoms with van der Waals surface area (Å²) >= 11 is 0. The van der Waals surface area contributed by atoms with Crippen molar-refractivity contribution in [1.29, 1.82) is 0 Å². The lowest BCUT2D eigenvalue weighted by Gasteiger charge is -2.26. The van der Waals surface area contributed by atoms with E-state index in [1.165, 1.54) is 12.1 Å². The van der Waals surface area contributed by atoms with Crippen LogP contribution in [0.1, 0.15) is 32.8 Å².